The molecule has 0 unspecified atom stereocenters. The van der Waals surface area contributed by atoms with Crippen LogP contribution in [0.5, 0.6) is 5.88 Å². The fourth-order valence-corrected chi connectivity index (χ4v) is 1.98. The number of nitrogens with one attached hydrogen (secondary N) is 1. The molecule has 0 fully saturated rings. The molecular weight excluding hydrogens is 288 g/mol. The molecule has 3 N–H and O–H groups in total. The molecule has 1 aromatic carbocycles. The van der Waals surface area contributed by atoms with Gasteiger partial charge in [-0.15, -0.1) is 0 Å². The average Bonchev–Trinajstić information content (AvgIpc) is 2.59. The molecule has 5 heteroatoms. The van der Waals surface area contributed by atoms with E-state index < -0.39 is 0 Å². The fraction of sp³-hybridized carbons (Fsp3) is 0.333. The number of benzene rings is 1. The standard InChI is InChI=1S/C18H24N4O/c1-3-11-23-17-10-7-15(12-20-17)13-21-18(19)22-16-8-5-14(4-2)6-9-16/h5-10,12H,3-4,11,13H2,1-2H3,(H3,19,21,22). The minimum Gasteiger partial charge on any atom is -0.478 e. The van der Waals surface area contributed by atoms with E-state index in [1.54, 1.807) is 6.20 Å². The first-order valence-corrected chi connectivity index (χ1v) is 7.95. The van der Waals surface area contributed by atoms with E-state index in [1.165, 1.54) is 5.56 Å². The molecule has 0 spiro atoms. The molecular formula is C18H24N4O. The smallest absolute Gasteiger partial charge is 0.213 e. The van der Waals surface area contributed by atoms with E-state index in [0.717, 1.165) is 24.1 Å². The largest absolute Gasteiger partial charge is 0.478 e. The van der Waals surface area contributed by atoms with Gasteiger partial charge in [-0.3, -0.25) is 0 Å². The molecule has 0 aliphatic heterocycles. The number of aryl methyl sites for hydroxylation is 1. The summed E-state index contributed by atoms with van der Waals surface area (Å²) in [6.45, 7) is 5.35. The van der Waals surface area contributed by atoms with Gasteiger partial charge in [0.25, 0.3) is 0 Å². The molecule has 2 aromatic rings. The summed E-state index contributed by atoms with van der Waals surface area (Å²) in [5.41, 5.74) is 9.13. The zero-order chi connectivity index (χ0) is 16.5. The van der Waals surface area contributed by atoms with Crippen molar-refractivity contribution >= 4 is 11.6 Å². The highest BCUT2D eigenvalue weighted by molar-refractivity contribution is 5.92. The first-order valence-electron chi connectivity index (χ1n) is 7.95. The summed E-state index contributed by atoms with van der Waals surface area (Å²) in [4.78, 5) is 8.57. The third-order valence-corrected chi connectivity index (χ3v) is 3.32. The minimum absolute atomic E-state index is 0.389. The first-order chi connectivity index (χ1) is 11.2. The SMILES string of the molecule is CCCOc1ccc(CN=C(N)Nc2ccc(CC)cc2)cn1. The lowest BCUT2D eigenvalue weighted by Crippen LogP contribution is -2.22. The number of rotatable bonds is 7. The molecule has 2 rings (SSSR count). The normalized spacial score (nSPS) is 11.3. The van der Waals surface area contributed by atoms with Crippen LogP contribution in [-0.2, 0) is 13.0 Å². The summed E-state index contributed by atoms with van der Waals surface area (Å²) in [6.07, 6.45) is 3.75. The number of hydrogen-bond donors (Lipinski definition) is 2. The average molecular weight is 312 g/mol. The van der Waals surface area contributed by atoms with Crippen LogP contribution in [0.2, 0.25) is 0 Å². The van der Waals surface area contributed by atoms with Crippen LogP contribution in [0.3, 0.4) is 0 Å². The van der Waals surface area contributed by atoms with Crippen LogP contribution < -0.4 is 15.8 Å². The Kier molecular flexibility index (Phi) is 6.41. The Labute approximate surface area is 137 Å². The number of nitrogens with zero attached hydrogens (tertiary/aromatic N) is 2. The van der Waals surface area contributed by atoms with Crippen molar-refractivity contribution < 1.29 is 4.74 Å². The number of pyridine rings is 1. The number of nitrogens with two attached hydrogens (primary N) is 1. The Morgan fingerprint density at radius 2 is 1.87 bits per heavy atom. The van der Waals surface area contributed by atoms with Crippen LogP contribution in [0.1, 0.15) is 31.4 Å². The van der Waals surface area contributed by atoms with Gasteiger partial charge in [-0.1, -0.05) is 32.0 Å². The number of aliphatic imine (C=N–C) groups is 1. The lowest BCUT2D eigenvalue weighted by Gasteiger charge is -2.07. The highest BCUT2D eigenvalue weighted by atomic mass is 16.5. The quantitative estimate of drug-likeness (QED) is 0.607. The van der Waals surface area contributed by atoms with E-state index in [-0.39, 0.29) is 0 Å². The third-order valence-electron chi connectivity index (χ3n) is 3.32. The van der Waals surface area contributed by atoms with Gasteiger partial charge in [-0.05, 0) is 36.1 Å². The molecule has 122 valence electrons. The second-order valence-corrected chi connectivity index (χ2v) is 5.23. The van der Waals surface area contributed by atoms with E-state index in [0.29, 0.717) is 25.0 Å². The summed E-state index contributed by atoms with van der Waals surface area (Å²) in [5.74, 6) is 1.03. The Balaban J connectivity index is 1.88. The van der Waals surface area contributed by atoms with Crippen LogP contribution in [-0.4, -0.2) is 17.6 Å². The van der Waals surface area contributed by atoms with Crippen LogP contribution in [0.15, 0.2) is 47.6 Å². The molecule has 0 amide bonds. The lowest BCUT2D eigenvalue weighted by molar-refractivity contribution is 0.305. The zero-order valence-corrected chi connectivity index (χ0v) is 13.7. The van der Waals surface area contributed by atoms with Crippen molar-refractivity contribution in [1.82, 2.24) is 4.98 Å². The monoisotopic (exact) mass is 312 g/mol. The molecule has 1 aromatic heterocycles. The lowest BCUT2D eigenvalue weighted by atomic mass is 10.1. The zero-order valence-electron chi connectivity index (χ0n) is 13.7. The van der Waals surface area contributed by atoms with Crippen molar-refractivity contribution in [3.8, 4) is 5.88 Å². The van der Waals surface area contributed by atoms with Crippen LogP contribution in [0.25, 0.3) is 0 Å². The predicted molar refractivity (Wildman–Crippen MR) is 94.8 cm³/mol. The molecule has 5 nitrogen and oxygen atoms in total. The van der Waals surface area contributed by atoms with Gasteiger partial charge in [-0.25, -0.2) is 9.98 Å². The second kappa shape index (κ2) is 8.78. The number of hydrogen-bond acceptors (Lipinski definition) is 3. The van der Waals surface area contributed by atoms with Gasteiger partial charge >= 0.3 is 0 Å². The maximum absolute atomic E-state index is 5.91. The highest BCUT2D eigenvalue weighted by Gasteiger charge is 1.98. The van der Waals surface area contributed by atoms with Crippen molar-refractivity contribution in [2.24, 2.45) is 10.7 Å². The van der Waals surface area contributed by atoms with Gasteiger partial charge in [0.2, 0.25) is 5.88 Å². The van der Waals surface area contributed by atoms with Crippen LogP contribution >= 0.6 is 0 Å². The Morgan fingerprint density at radius 3 is 2.48 bits per heavy atom. The molecule has 0 atom stereocenters. The molecule has 0 aliphatic rings. The van der Waals surface area contributed by atoms with Gasteiger partial charge in [0.15, 0.2) is 5.96 Å². The van der Waals surface area contributed by atoms with Crippen molar-refractivity contribution in [1.29, 1.82) is 0 Å². The summed E-state index contributed by atoms with van der Waals surface area (Å²) in [7, 11) is 0. The van der Waals surface area contributed by atoms with E-state index in [9.17, 15) is 0 Å². The van der Waals surface area contributed by atoms with Gasteiger partial charge in [0, 0.05) is 18.0 Å². The maximum Gasteiger partial charge on any atom is 0.213 e. The topological polar surface area (TPSA) is 72.5 Å². The third kappa shape index (κ3) is 5.62. The van der Waals surface area contributed by atoms with E-state index in [2.05, 4.69) is 41.3 Å². The fourth-order valence-electron chi connectivity index (χ4n) is 1.98. The van der Waals surface area contributed by atoms with Gasteiger partial charge in [0.1, 0.15) is 0 Å². The van der Waals surface area contributed by atoms with Gasteiger partial charge < -0.3 is 15.8 Å². The van der Waals surface area contributed by atoms with Crippen molar-refractivity contribution in [2.45, 2.75) is 33.2 Å². The number of ether oxygens (including phenoxy) is 1. The van der Waals surface area contributed by atoms with Crippen LogP contribution in [0, 0.1) is 0 Å². The highest BCUT2D eigenvalue weighted by Crippen LogP contribution is 2.11. The molecule has 0 saturated carbocycles. The van der Waals surface area contributed by atoms with Crippen molar-refractivity contribution in [3.63, 3.8) is 0 Å². The molecule has 1 heterocycles. The second-order valence-electron chi connectivity index (χ2n) is 5.23. The van der Waals surface area contributed by atoms with E-state index in [4.69, 9.17) is 10.5 Å². The first kappa shape index (κ1) is 16.8. The Hall–Kier alpha value is -2.56. The maximum atomic E-state index is 5.91. The van der Waals surface area contributed by atoms with Crippen molar-refractivity contribution in [2.75, 3.05) is 11.9 Å². The summed E-state index contributed by atoms with van der Waals surface area (Å²) < 4.78 is 5.45. The predicted octanol–water partition coefficient (Wildman–Crippen LogP) is 3.36. The summed E-state index contributed by atoms with van der Waals surface area (Å²) in [5, 5.41) is 3.09. The molecule has 0 saturated heterocycles. The van der Waals surface area contributed by atoms with Crippen molar-refractivity contribution in [3.05, 3.63) is 53.7 Å². The Bertz CT molecular complexity index is 620. The number of guanidine groups is 1. The van der Waals surface area contributed by atoms with E-state index >= 15 is 0 Å². The van der Waals surface area contributed by atoms with E-state index in [1.807, 2.05) is 24.3 Å². The summed E-state index contributed by atoms with van der Waals surface area (Å²) >= 11 is 0. The molecule has 23 heavy (non-hydrogen) atoms. The van der Waals surface area contributed by atoms with Crippen LogP contribution in [0.4, 0.5) is 5.69 Å². The van der Waals surface area contributed by atoms with Gasteiger partial charge in [0.05, 0.1) is 13.2 Å². The molecule has 0 bridgehead atoms. The summed E-state index contributed by atoms with van der Waals surface area (Å²) in [6, 6.07) is 12.0. The minimum atomic E-state index is 0.389. The molecule has 0 radical (unpaired) electrons. The number of aromatic nitrogens is 1. The number of anilines is 1. The van der Waals surface area contributed by atoms with Gasteiger partial charge in [-0.2, -0.15) is 0 Å². The molecule has 0 aliphatic carbocycles. The Morgan fingerprint density at radius 1 is 1.13 bits per heavy atom.